The van der Waals surface area contributed by atoms with Crippen molar-refractivity contribution in [1.29, 1.82) is 0 Å². The molecule has 2 heterocycles. The number of rotatable bonds is 3. The Balaban J connectivity index is 1.91. The summed E-state index contributed by atoms with van der Waals surface area (Å²) in [4.78, 5) is 12.4. The third-order valence-corrected chi connectivity index (χ3v) is 4.12. The summed E-state index contributed by atoms with van der Waals surface area (Å²) in [6, 6.07) is 5.92. The second-order valence-electron chi connectivity index (χ2n) is 5.19. The molecule has 0 amide bonds. The first-order valence-corrected chi connectivity index (χ1v) is 7.81. The van der Waals surface area contributed by atoms with Gasteiger partial charge in [0, 0.05) is 11.9 Å². The van der Waals surface area contributed by atoms with Gasteiger partial charge in [-0.25, -0.2) is 15.0 Å². The van der Waals surface area contributed by atoms with E-state index in [9.17, 15) is 13.2 Å². The van der Waals surface area contributed by atoms with E-state index in [4.69, 9.17) is 0 Å². The van der Waals surface area contributed by atoms with Crippen LogP contribution in [0.25, 0.3) is 10.9 Å². The largest absolute Gasteiger partial charge is 0.416 e. The highest BCUT2D eigenvalue weighted by Crippen LogP contribution is 2.33. The Kier molecular flexibility index (Phi) is 4.40. The van der Waals surface area contributed by atoms with E-state index in [1.54, 1.807) is 18.3 Å². The summed E-state index contributed by atoms with van der Waals surface area (Å²) in [5, 5.41) is 3.82. The summed E-state index contributed by atoms with van der Waals surface area (Å²) in [6.07, 6.45) is -1.38. The van der Waals surface area contributed by atoms with Crippen molar-refractivity contribution in [3.63, 3.8) is 0 Å². The van der Waals surface area contributed by atoms with Crippen LogP contribution in [0, 0.1) is 6.92 Å². The van der Waals surface area contributed by atoms with Gasteiger partial charge in [-0.2, -0.15) is 13.2 Å². The first-order chi connectivity index (χ1) is 11.4. The van der Waals surface area contributed by atoms with Crippen LogP contribution < -0.4 is 5.32 Å². The molecule has 0 saturated heterocycles. The molecule has 0 aliphatic rings. The van der Waals surface area contributed by atoms with E-state index in [0.717, 1.165) is 11.5 Å². The Labute approximate surface area is 144 Å². The number of benzene rings is 1. The van der Waals surface area contributed by atoms with Crippen molar-refractivity contribution in [3.05, 3.63) is 58.1 Å². The molecule has 0 aliphatic heterocycles. The van der Waals surface area contributed by atoms with Crippen LogP contribution in [0.1, 0.15) is 16.7 Å². The molecule has 24 heavy (non-hydrogen) atoms. The number of hydrogen-bond acceptors (Lipinski definition) is 4. The van der Waals surface area contributed by atoms with Crippen molar-refractivity contribution in [2.45, 2.75) is 19.6 Å². The maximum Gasteiger partial charge on any atom is 0.416 e. The topological polar surface area (TPSA) is 50.7 Å². The zero-order valence-corrected chi connectivity index (χ0v) is 14.1. The Morgan fingerprint density at radius 1 is 1.17 bits per heavy atom. The van der Waals surface area contributed by atoms with E-state index in [0.29, 0.717) is 21.5 Å². The van der Waals surface area contributed by atoms with E-state index in [2.05, 4.69) is 36.2 Å². The van der Waals surface area contributed by atoms with Crippen molar-refractivity contribution in [2.24, 2.45) is 0 Å². The lowest BCUT2D eigenvalue weighted by atomic mass is 10.0. The van der Waals surface area contributed by atoms with Gasteiger partial charge in [-0.3, -0.25) is 0 Å². The number of aromatic nitrogens is 3. The molecule has 0 spiro atoms. The molecule has 0 fully saturated rings. The fraction of sp³-hybridized carbons (Fsp3) is 0.188. The van der Waals surface area contributed by atoms with Gasteiger partial charge in [-0.1, -0.05) is 12.1 Å². The second-order valence-corrected chi connectivity index (χ2v) is 6.00. The highest BCUT2D eigenvalue weighted by Gasteiger charge is 2.32. The number of halogens is 4. The number of fused-ring (bicyclic) bond motifs is 1. The van der Waals surface area contributed by atoms with E-state index >= 15 is 0 Å². The first-order valence-electron chi connectivity index (χ1n) is 7.02. The zero-order valence-electron chi connectivity index (χ0n) is 12.5. The molecular formula is C16H12BrF3N4. The average molecular weight is 397 g/mol. The smallest absolute Gasteiger partial charge is 0.365 e. The van der Waals surface area contributed by atoms with Crippen LogP contribution >= 0.6 is 15.9 Å². The molecule has 1 N–H and O–H groups in total. The molecule has 0 atom stereocenters. The van der Waals surface area contributed by atoms with E-state index < -0.39 is 11.7 Å². The van der Waals surface area contributed by atoms with Gasteiger partial charge in [-0.15, -0.1) is 0 Å². The lowest BCUT2D eigenvalue weighted by Crippen LogP contribution is -2.11. The normalized spacial score (nSPS) is 11.7. The molecule has 4 nitrogen and oxygen atoms in total. The molecule has 124 valence electrons. The summed E-state index contributed by atoms with van der Waals surface area (Å²) < 4.78 is 39.6. The SMILES string of the molecule is Cc1c(CNc2ncnc3cnc(Br)cc23)cccc1C(F)(F)F. The van der Waals surface area contributed by atoms with Crippen LogP contribution in [0.3, 0.4) is 0 Å². The van der Waals surface area contributed by atoms with Crippen molar-refractivity contribution in [2.75, 3.05) is 5.32 Å². The highest BCUT2D eigenvalue weighted by molar-refractivity contribution is 9.10. The predicted octanol–water partition coefficient (Wildman–Crippen LogP) is 4.73. The first kappa shape index (κ1) is 16.6. The number of alkyl halides is 3. The zero-order chi connectivity index (χ0) is 17.3. The molecule has 8 heteroatoms. The number of anilines is 1. The standard InChI is InChI=1S/C16H12BrF3N4/c1-9-10(3-2-4-12(9)16(18,19)20)6-22-15-11-5-14(17)21-7-13(11)23-8-24-15/h2-5,7-8H,6H2,1H3,(H,22,23,24). The van der Waals surface area contributed by atoms with Crippen molar-refractivity contribution < 1.29 is 13.2 Å². The number of hydrogen-bond donors (Lipinski definition) is 1. The summed E-state index contributed by atoms with van der Waals surface area (Å²) in [6.45, 7) is 1.69. The van der Waals surface area contributed by atoms with Gasteiger partial charge in [-0.05, 0) is 46.1 Å². The lowest BCUT2D eigenvalue weighted by Gasteiger charge is -2.15. The van der Waals surface area contributed by atoms with Gasteiger partial charge in [0.2, 0.25) is 0 Å². The van der Waals surface area contributed by atoms with Crippen molar-refractivity contribution in [1.82, 2.24) is 15.0 Å². The molecule has 0 saturated carbocycles. The average Bonchev–Trinajstić information content (AvgIpc) is 2.53. The summed E-state index contributed by atoms with van der Waals surface area (Å²) in [5.41, 5.74) is 0.793. The quantitative estimate of drug-likeness (QED) is 0.650. The minimum atomic E-state index is -4.36. The fourth-order valence-electron chi connectivity index (χ4n) is 2.44. The third kappa shape index (κ3) is 3.33. The van der Waals surface area contributed by atoms with Crippen molar-refractivity contribution >= 4 is 32.7 Å². The van der Waals surface area contributed by atoms with Gasteiger partial charge in [0.1, 0.15) is 16.7 Å². The molecule has 0 bridgehead atoms. The minimum absolute atomic E-state index is 0.207. The summed E-state index contributed by atoms with van der Waals surface area (Å²) >= 11 is 3.29. The predicted molar refractivity (Wildman–Crippen MR) is 88.5 cm³/mol. The Bertz CT molecular complexity index is 896. The summed E-state index contributed by atoms with van der Waals surface area (Å²) in [7, 11) is 0. The molecule has 3 rings (SSSR count). The molecule has 0 unspecified atom stereocenters. The van der Waals surface area contributed by atoms with Gasteiger partial charge in [0.25, 0.3) is 0 Å². The van der Waals surface area contributed by atoms with Gasteiger partial charge >= 0.3 is 6.18 Å². The molecule has 1 aromatic carbocycles. The molecule has 3 aromatic rings. The monoisotopic (exact) mass is 396 g/mol. The van der Waals surface area contributed by atoms with Gasteiger partial charge in [0.05, 0.1) is 17.3 Å². The van der Waals surface area contributed by atoms with Crippen LogP contribution in [-0.4, -0.2) is 15.0 Å². The molecule has 2 aromatic heterocycles. The second kappa shape index (κ2) is 6.35. The maximum atomic E-state index is 13.0. The number of nitrogens with one attached hydrogen (secondary N) is 1. The van der Waals surface area contributed by atoms with Crippen LogP contribution in [0.4, 0.5) is 19.0 Å². The summed E-state index contributed by atoms with van der Waals surface area (Å²) in [5.74, 6) is 0.542. The minimum Gasteiger partial charge on any atom is -0.365 e. The fourth-order valence-corrected chi connectivity index (χ4v) is 2.77. The van der Waals surface area contributed by atoms with Gasteiger partial charge < -0.3 is 5.32 Å². The maximum absolute atomic E-state index is 13.0. The molecule has 0 radical (unpaired) electrons. The Morgan fingerprint density at radius 3 is 2.71 bits per heavy atom. The van der Waals surface area contributed by atoms with E-state index in [1.165, 1.54) is 19.3 Å². The molecular weight excluding hydrogens is 385 g/mol. The van der Waals surface area contributed by atoms with E-state index in [1.807, 2.05) is 0 Å². The van der Waals surface area contributed by atoms with Crippen LogP contribution in [0.5, 0.6) is 0 Å². The third-order valence-electron chi connectivity index (χ3n) is 3.69. The van der Waals surface area contributed by atoms with Crippen LogP contribution in [0.2, 0.25) is 0 Å². The lowest BCUT2D eigenvalue weighted by molar-refractivity contribution is -0.138. The highest BCUT2D eigenvalue weighted by atomic mass is 79.9. The Hall–Kier alpha value is -2.22. The number of nitrogens with zero attached hydrogens (tertiary/aromatic N) is 3. The van der Waals surface area contributed by atoms with Gasteiger partial charge in [0.15, 0.2) is 0 Å². The Morgan fingerprint density at radius 2 is 1.96 bits per heavy atom. The molecule has 0 aliphatic carbocycles. The van der Waals surface area contributed by atoms with Crippen LogP contribution in [0.15, 0.2) is 41.4 Å². The van der Waals surface area contributed by atoms with Crippen molar-refractivity contribution in [3.8, 4) is 0 Å². The van der Waals surface area contributed by atoms with Crippen LogP contribution in [-0.2, 0) is 12.7 Å². The number of pyridine rings is 1. The van der Waals surface area contributed by atoms with E-state index in [-0.39, 0.29) is 12.1 Å².